The van der Waals surface area contributed by atoms with Crippen molar-refractivity contribution in [2.45, 2.75) is 12.7 Å². The van der Waals surface area contributed by atoms with Crippen molar-refractivity contribution < 1.29 is 17.7 Å². The minimum absolute atomic E-state index is 0.143. The van der Waals surface area contributed by atoms with E-state index in [1.165, 1.54) is 6.21 Å². The normalized spacial score (nSPS) is 15.0. The highest BCUT2D eigenvalue weighted by Crippen LogP contribution is 2.28. The maximum absolute atomic E-state index is 12.5. The highest BCUT2D eigenvalue weighted by atomic mass is 19.4. The van der Waals surface area contributed by atoms with Gasteiger partial charge in [0.05, 0.1) is 5.57 Å². The highest BCUT2D eigenvalue weighted by molar-refractivity contribution is 6.08. The zero-order valence-corrected chi connectivity index (χ0v) is 11.2. The zero-order valence-electron chi connectivity index (χ0n) is 11.2. The first-order valence-electron chi connectivity index (χ1n) is 6.28. The molecule has 3 rings (SSSR count). The van der Waals surface area contributed by atoms with Crippen molar-refractivity contribution in [1.29, 1.82) is 0 Å². The molecule has 6 nitrogen and oxygen atoms in total. The quantitative estimate of drug-likeness (QED) is 0.870. The monoisotopic (exact) mass is 309 g/mol. The van der Waals surface area contributed by atoms with Crippen LogP contribution in [0.4, 0.5) is 13.2 Å². The molecule has 0 saturated carbocycles. The topological polar surface area (TPSA) is 67.4 Å². The van der Waals surface area contributed by atoms with Crippen LogP contribution in [0.15, 0.2) is 40.2 Å². The summed E-state index contributed by atoms with van der Waals surface area (Å²) >= 11 is 0. The Morgan fingerprint density at radius 2 is 2.00 bits per heavy atom. The maximum Gasteiger partial charge on any atom is 0.471 e. The van der Waals surface area contributed by atoms with Crippen molar-refractivity contribution in [3.8, 4) is 0 Å². The van der Waals surface area contributed by atoms with E-state index >= 15 is 0 Å². The molecule has 0 bridgehead atoms. The number of halogens is 3. The fraction of sp³-hybridized carbons (Fsp3) is 0.231. The molecule has 9 heteroatoms. The molecule has 0 amide bonds. The summed E-state index contributed by atoms with van der Waals surface area (Å²) in [7, 11) is 0. The molecule has 0 atom stereocenters. The summed E-state index contributed by atoms with van der Waals surface area (Å²) in [6.07, 6.45) is 1.75. The van der Waals surface area contributed by atoms with Crippen LogP contribution in [0.1, 0.15) is 17.3 Å². The number of aromatic nitrogens is 3. The molecule has 0 saturated heterocycles. The summed E-state index contributed by atoms with van der Waals surface area (Å²) in [6.45, 7) is 0.948. The molecule has 3 heterocycles. The fourth-order valence-electron chi connectivity index (χ4n) is 1.90. The van der Waals surface area contributed by atoms with Gasteiger partial charge in [-0.05, 0) is 17.7 Å². The van der Waals surface area contributed by atoms with Crippen LogP contribution in [-0.2, 0) is 12.7 Å². The Kier molecular flexibility index (Phi) is 3.61. The Balaban J connectivity index is 1.78. The van der Waals surface area contributed by atoms with Gasteiger partial charge in [-0.2, -0.15) is 18.2 Å². The molecule has 22 heavy (non-hydrogen) atoms. The lowest BCUT2D eigenvalue weighted by atomic mass is 10.2. The molecule has 0 aliphatic carbocycles. The Morgan fingerprint density at radius 1 is 1.23 bits per heavy atom. The standard InChI is InChI=1S/C13H10F3N5O/c14-13(15,16)12-19-11(20-22-12)10-5-18-8-21(7-10)6-9-1-3-17-4-2-9/h1-5,7H,6,8H2. The number of hydrogen-bond acceptors (Lipinski definition) is 6. The van der Waals surface area contributed by atoms with Crippen molar-refractivity contribution >= 4 is 11.8 Å². The molecule has 0 radical (unpaired) electrons. The summed E-state index contributed by atoms with van der Waals surface area (Å²) in [4.78, 5) is 13.2. The number of pyridine rings is 1. The van der Waals surface area contributed by atoms with Gasteiger partial charge < -0.3 is 9.42 Å². The average Bonchev–Trinajstić information content (AvgIpc) is 2.99. The molecule has 0 fully saturated rings. The summed E-state index contributed by atoms with van der Waals surface area (Å²) in [5.41, 5.74) is 1.37. The number of allylic oxidation sites excluding steroid dienone is 1. The van der Waals surface area contributed by atoms with Gasteiger partial charge in [-0.1, -0.05) is 5.16 Å². The third-order valence-corrected chi connectivity index (χ3v) is 2.88. The number of alkyl halides is 3. The third kappa shape index (κ3) is 3.13. The van der Waals surface area contributed by atoms with Crippen LogP contribution >= 0.6 is 0 Å². The number of nitrogens with zero attached hydrogens (tertiary/aromatic N) is 5. The minimum Gasteiger partial charge on any atom is -0.353 e. The van der Waals surface area contributed by atoms with Gasteiger partial charge in [0.1, 0.15) is 6.67 Å². The molecule has 0 aromatic carbocycles. The van der Waals surface area contributed by atoms with Gasteiger partial charge in [0.2, 0.25) is 5.82 Å². The summed E-state index contributed by atoms with van der Waals surface area (Å²) < 4.78 is 41.6. The molecule has 1 aliphatic rings. The van der Waals surface area contributed by atoms with Crippen LogP contribution in [-0.4, -0.2) is 32.9 Å². The predicted molar refractivity (Wildman–Crippen MR) is 70.4 cm³/mol. The number of rotatable bonds is 3. The van der Waals surface area contributed by atoms with Crippen LogP contribution in [0.2, 0.25) is 0 Å². The van der Waals surface area contributed by atoms with Crippen molar-refractivity contribution in [2.75, 3.05) is 6.67 Å². The number of aliphatic imine (C=N–C) groups is 1. The largest absolute Gasteiger partial charge is 0.471 e. The van der Waals surface area contributed by atoms with Gasteiger partial charge in [-0.15, -0.1) is 0 Å². The van der Waals surface area contributed by atoms with Crippen molar-refractivity contribution in [1.82, 2.24) is 20.0 Å². The van der Waals surface area contributed by atoms with E-state index in [1.807, 2.05) is 17.0 Å². The van der Waals surface area contributed by atoms with E-state index in [9.17, 15) is 13.2 Å². The molecule has 2 aromatic heterocycles. The minimum atomic E-state index is -4.66. The van der Waals surface area contributed by atoms with E-state index in [1.54, 1.807) is 18.6 Å². The molecule has 114 valence electrons. The van der Waals surface area contributed by atoms with E-state index in [0.717, 1.165) is 5.56 Å². The van der Waals surface area contributed by atoms with Gasteiger partial charge >= 0.3 is 12.1 Å². The van der Waals surface area contributed by atoms with E-state index in [4.69, 9.17) is 0 Å². The van der Waals surface area contributed by atoms with Crippen molar-refractivity contribution in [3.63, 3.8) is 0 Å². The predicted octanol–water partition coefficient (Wildman–Crippen LogP) is 2.37. The molecule has 0 unspecified atom stereocenters. The van der Waals surface area contributed by atoms with Gasteiger partial charge in [-0.25, -0.2) is 0 Å². The van der Waals surface area contributed by atoms with E-state index in [0.29, 0.717) is 18.8 Å². The molecule has 2 aromatic rings. The van der Waals surface area contributed by atoms with Crippen LogP contribution in [0.5, 0.6) is 0 Å². The Labute approximate surface area is 123 Å². The van der Waals surface area contributed by atoms with Crippen LogP contribution in [0.25, 0.3) is 5.57 Å². The lowest BCUT2D eigenvalue weighted by molar-refractivity contribution is -0.159. The summed E-state index contributed by atoms with van der Waals surface area (Å²) in [5.74, 6) is -1.52. The van der Waals surface area contributed by atoms with E-state index < -0.39 is 12.1 Å². The lowest BCUT2D eigenvalue weighted by Gasteiger charge is -2.21. The lowest BCUT2D eigenvalue weighted by Crippen LogP contribution is -2.21. The Bertz CT molecular complexity index is 708. The molecule has 0 N–H and O–H groups in total. The Morgan fingerprint density at radius 3 is 2.68 bits per heavy atom. The van der Waals surface area contributed by atoms with Crippen molar-refractivity contribution in [2.24, 2.45) is 4.99 Å². The van der Waals surface area contributed by atoms with Gasteiger partial charge in [0.15, 0.2) is 0 Å². The first kappa shape index (κ1) is 14.2. The van der Waals surface area contributed by atoms with E-state index in [2.05, 4.69) is 24.6 Å². The molecule has 1 aliphatic heterocycles. The molecular weight excluding hydrogens is 299 g/mol. The van der Waals surface area contributed by atoms with Gasteiger partial charge in [0.25, 0.3) is 0 Å². The third-order valence-electron chi connectivity index (χ3n) is 2.88. The second-order valence-corrected chi connectivity index (χ2v) is 4.56. The second-order valence-electron chi connectivity index (χ2n) is 4.56. The highest BCUT2D eigenvalue weighted by Gasteiger charge is 2.38. The van der Waals surface area contributed by atoms with Crippen LogP contribution in [0, 0.1) is 0 Å². The van der Waals surface area contributed by atoms with Gasteiger partial charge in [0, 0.05) is 31.4 Å². The van der Waals surface area contributed by atoms with Crippen molar-refractivity contribution in [3.05, 3.63) is 48.0 Å². The number of hydrogen-bond donors (Lipinski definition) is 0. The zero-order chi connectivity index (χ0) is 15.6. The summed E-state index contributed by atoms with van der Waals surface area (Å²) in [5, 5.41) is 3.35. The average molecular weight is 309 g/mol. The fourth-order valence-corrected chi connectivity index (χ4v) is 1.90. The second kappa shape index (κ2) is 5.58. The smallest absolute Gasteiger partial charge is 0.353 e. The summed E-state index contributed by atoms with van der Waals surface area (Å²) in [6, 6.07) is 3.70. The molecule has 0 spiro atoms. The SMILES string of the molecule is FC(F)(F)c1nc(C2=CN(Cc3ccncc3)CN=C2)no1. The first-order valence-corrected chi connectivity index (χ1v) is 6.28. The van der Waals surface area contributed by atoms with E-state index in [-0.39, 0.29) is 5.82 Å². The van der Waals surface area contributed by atoms with Crippen LogP contribution < -0.4 is 0 Å². The van der Waals surface area contributed by atoms with Gasteiger partial charge in [-0.3, -0.25) is 9.98 Å². The Hall–Kier alpha value is -2.71. The van der Waals surface area contributed by atoms with Crippen LogP contribution in [0.3, 0.4) is 0 Å². The molecular formula is C13H10F3N5O. The maximum atomic E-state index is 12.5. The first-order chi connectivity index (χ1) is 10.5.